The molecule has 0 bridgehead atoms. The van der Waals surface area contributed by atoms with E-state index in [1.54, 1.807) is 23.1 Å². The summed E-state index contributed by atoms with van der Waals surface area (Å²) in [7, 11) is 0. The van der Waals surface area contributed by atoms with E-state index < -0.39 is 0 Å². The van der Waals surface area contributed by atoms with Gasteiger partial charge in [0.15, 0.2) is 0 Å². The number of benzene rings is 1. The molecule has 1 aromatic heterocycles. The lowest BCUT2D eigenvalue weighted by atomic mass is 10.3. The van der Waals surface area contributed by atoms with Gasteiger partial charge < -0.3 is 0 Å². The quantitative estimate of drug-likeness (QED) is 0.453. The minimum atomic E-state index is 1.09. The summed E-state index contributed by atoms with van der Waals surface area (Å²) >= 11 is 10.4. The van der Waals surface area contributed by atoms with Crippen molar-refractivity contribution in [3.8, 4) is 0 Å². The molecule has 0 saturated heterocycles. The van der Waals surface area contributed by atoms with Crippen LogP contribution in [0.4, 0.5) is 0 Å². The molecule has 2 rings (SSSR count). The van der Waals surface area contributed by atoms with Crippen molar-refractivity contribution in [2.24, 2.45) is 0 Å². The van der Waals surface area contributed by atoms with Gasteiger partial charge in [0.2, 0.25) is 0 Å². The molecule has 0 unspecified atom stereocenters. The molecule has 0 aliphatic carbocycles. The SMILES string of the molecule is CSc1cc(I)c2scc(S)c2c1. The Morgan fingerprint density at radius 2 is 2.23 bits per heavy atom. The normalized spacial score (nSPS) is 11.0. The molecule has 1 aromatic carbocycles. The molecule has 0 fully saturated rings. The van der Waals surface area contributed by atoms with Crippen LogP contribution >= 0.6 is 58.3 Å². The van der Waals surface area contributed by atoms with Crippen LogP contribution in [0.25, 0.3) is 10.1 Å². The molecule has 0 spiro atoms. The average molecular weight is 338 g/mol. The van der Waals surface area contributed by atoms with Crippen LogP contribution < -0.4 is 0 Å². The zero-order chi connectivity index (χ0) is 9.42. The number of hydrogen-bond donors (Lipinski definition) is 1. The molecule has 1 heterocycles. The summed E-state index contributed by atoms with van der Waals surface area (Å²) in [5.74, 6) is 0. The van der Waals surface area contributed by atoms with Crippen molar-refractivity contribution in [2.75, 3.05) is 6.26 Å². The van der Waals surface area contributed by atoms with Crippen LogP contribution in [0.2, 0.25) is 0 Å². The number of thiophene rings is 1. The van der Waals surface area contributed by atoms with Crippen LogP contribution in [0, 0.1) is 3.57 Å². The van der Waals surface area contributed by atoms with Gasteiger partial charge in [-0.3, -0.25) is 0 Å². The van der Waals surface area contributed by atoms with Gasteiger partial charge in [-0.05, 0) is 41.0 Å². The van der Waals surface area contributed by atoms with E-state index in [-0.39, 0.29) is 0 Å². The van der Waals surface area contributed by atoms with E-state index in [4.69, 9.17) is 0 Å². The lowest BCUT2D eigenvalue weighted by Crippen LogP contribution is -1.75. The number of thioether (sulfide) groups is 1. The summed E-state index contributed by atoms with van der Waals surface area (Å²) in [6, 6.07) is 4.43. The lowest BCUT2D eigenvalue weighted by Gasteiger charge is -1.99. The molecular weight excluding hydrogens is 331 g/mol. The van der Waals surface area contributed by atoms with Crippen LogP contribution in [0.5, 0.6) is 0 Å². The van der Waals surface area contributed by atoms with Crippen LogP contribution in [0.1, 0.15) is 0 Å². The number of fused-ring (bicyclic) bond motifs is 1. The first-order valence-electron chi connectivity index (χ1n) is 3.66. The maximum absolute atomic E-state index is 4.43. The smallest absolute Gasteiger partial charge is 0.0488 e. The molecule has 0 radical (unpaired) electrons. The minimum Gasteiger partial charge on any atom is -0.142 e. The lowest BCUT2D eigenvalue weighted by molar-refractivity contribution is 1.48. The largest absolute Gasteiger partial charge is 0.142 e. The Labute approximate surface area is 105 Å². The second-order valence-corrected chi connectivity index (χ2v) is 6.01. The van der Waals surface area contributed by atoms with E-state index in [0.29, 0.717) is 0 Å². The van der Waals surface area contributed by atoms with Gasteiger partial charge in [0.05, 0.1) is 0 Å². The number of hydrogen-bond acceptors (Lipinski definition) is 3. The Morgan fingerprint density at radius 1 is 1.46 bits per heavy atom. The van der Waals surface area contributed by atoms with Crippen molar-refractivity contribution in [3.05, 3.63) is 21.1 Å². The summed E-state index contributed by atoms with van der Waals surface area (Å²) in [6.07, 6.45) is 2.10. The van der Waals surface area contributed by atoms with E-state index in [2.05, 4.69) is 59.0 Å². The van der Waals surface area contributed by atoms with Crippen LogP contribution in [-0.2, 0) is 0 Å². The van der Waals surface area contributed by atoms with E-state index in [9.17, 15) is 0 Å². The predicted octanol–water partition coefficient (Wildman–Crippen LogP) is 4.52. The Kier molecular flexibility index (Phi) is 3.12. The summed E-state index contributed by atoms with van der Waals surface area (Å²) in [5.41, 5.74) is 0. The standard InChI is InChI=1S/C9H7IS3/c1-12-5-2-6-8(11)4-13-9(6)7(10)3-5/h2-4,11H,1H3. The highest BCUT2D eigenvalue weighted by atomic mass is 127. The first-order valence-corrected chi connectivity index (χ1v) is 7.29. The summed E-state index contributed by atoms with van der Waals surface area (Å²) < 4.78 is 2.67. The summed E-state index contributed by atoms with van der Waals surface area (Å²) in [5, 5.41) is 3.38. The fourth-order valence-corrected chi connectivity index (χ4v) is 4.10. The number of rotatable bonds is 1. The molecule has 0 amide bonds. The third kappa shape index (κ3) is 1.86. The molecule has 2 aromatic rings. The van der Waals surface area contributed by atoms with Gasteiger partial charge in [-0.25, -0.2) is 0 Å². The highest BCUT2D eigenvalue weighted by molar-refractivity contribution is 14.1. The average Bonchev–Trinajstić information content (AvgIpc) is 2.48. The zero-order valence-electron chi connectivity index (χ0n) is 6.87. The first-order chi connectivity index (χ1) is 6.22. The topological polar surface area (TPSA) is 0 Å². The highest BCUT2D eigenvalue weighted by Crippen LogP contribution is 2.35. The molecule has 13 heavy (non-hydrogen) atoms. The maximum Gasteiger partial charge on any atom is 0.0488 e. The third-order valence-corrected chi connectivity index (χ3v) is 5.31. The molecular formula is C9H7IS3. The Bertz CT molecular complexity index is 447. The van der Waals surface area contributed by atoms with Crippen LogP contribution in [0.15, 0.2) is 27.3 Å². The molecule has 0 aliphatic heterocycles. The summed E-state index contributed by atoms with van der Waals surface area (Å²) in [6.45, 7) is 0. The van der Waals surface area contributed by atoms with Crippen LogP contribution in [0.3, 0.4) is 0 Å². The number of thiol groups is 1. The van der Waals surface area contributed by atoms with Crippen molar-refractivity contribution in [2.45, 2.75) is 9.79 Å². The second kappa shape index (κ2) is 4.00. The van der Waals surface area contributed by atoms with Gasteiger partial charge in [0, 0.05) is 28.8 Å². The maximum atomic E-state index is 4.43. The van der Waals surface area contributed by atoms with Crippen molar-refractivity contribution >= 4 is 68.4 Å². The van der Waals surface area contributed by atoms with E-state index in [1.165, 1.54) is 18.6 Å². The highest BCUT2D eigenvalue weighted by Gasteiger charge is 2.05. The first kappa shape index (κ1) is 10.1. The van der Waals surface area contributed by atoms with E-state index >= 15 is 0 Å². The Hall–Kier alpha value is 0.610. The molecule has 0 atom stereocenters. The predicted molar refractivity (Wildman–Crippen MR) is 73.6 cm³/mol. The van der Waals surface area contributed by atoms with Gasteiger partial charge in [-0.1, -0.05) is 0 Å². The van der Waals surface area contributed by atoms with Gasteiger partial charge in [-0.2, -0.15) is 0 Å². The van der Waals surface area contributed by atoms with Gasteiger partial charge in [0.25, 0.3) is 0 Å². The Balaban J connectivity index is 2.80. The van der Waals surface area contributed by atoms with Gasteiger partial charge in [-0.15, -0.1) is 35.7 Å². The molecule has 0 N–H and O–H groups in total. The van der Waals surface area contributed by atoms with Gasteiger partial charge >= 0.3 is 0 Å². The fraction of sp³-hybridized carbons (Fsp3) is 0.111. The molecule has 4 heteroatoms. The summed E-state index contributed by atoms with van der Waals surface area (Å²) in [4.78, 5) is 2.40. The van der Waals surface area contributed by atoms with Crippen molar-refractivity contribution in [1.29, 1.82) is 0 Å². The van der Waals surface area contributed by atoms with Crippen molar-refractivity contribution < 1.29 is 0 Å². The Morgan fingerprint density at radius 3 is 2.92 bits per heavy atom. The van der Waals surface area contributed by atoms with Crippen molar-refractivity contribution in [3.63, 3.8) is 0 Å². The number of halogens is 1. The van der Waals surface area contributed by atoms with E-state index in [1.807, 2.05) is 0 Å². The third-order valence-electron chi connectivity index (χ3n) is 1.82. The van der Waals surface area contributed by atoms with Gasteiger partial charge in [0.1, 0.15) is 0 Å². The monoisotopic (exact) mass is 338 g/mol. The van der Waals surface area contributed by atoms with E-state index in [0.717, 1.165) is 4.90 Å². The fourth-order valence-electron chi connectivity index (χ4n) is 1.17. The minimum absolute atomic E-state index is 1.09. The second-order valence-electron chi connectivity index (χ2n) is 2.61. The zero-order valence-corrected chi connectivity index (χ0v) is 11.6. The molecule has 0 aliphatic rings. The molecule has 0 saturated carbocycles. The van der Waals surface area contributed by atoms with Crippen molar-refractivity contribution in [1.82, 2.24) is 0 Å². The van der Waals surface area contributed by atoms with Crippen LogP contribution in [-0.4, -0.2) is 6.26 Å². The molecule has 0 nitrogen and oxygen atoms in total. The molecule has 68 valence electrons.